The lowest BCUT2D eigenvalue weighted by molar-refractivity contribution is 0.101. The third kappa shape index (κ3) is 1.34. The van der Waals surface area contributed by atoms with E-state index in [0.29, 0.717) is 11.3 Å². The molecule has 3 N–H and O–H groups in total. The summed E-state index contributed by atoms with van der Waals surface area (Å²) in [6.45, 7) is 3.16. The van der Waals surface area contributed by atoms with Crippen LogP contribution in [0.3, 0.4) is 0 Å². The van der Waals surface area contributed by atoms with Gasteiger partial charge in [0.25, 0.3) is 0 Å². The standard InChI is InChI=1S/C7H10N4O/c1-4-6(5(2)12)3-11(10-4)7(8)9/h3H,1-2H3,(H3,8,9). The Morgan fingerprint density at radius 2 is 2.33 bits per heavy atom. The molecule has 0 saturated heterocycles. The van der Waals surface area contributed by atoms with E-state index in [9.17, 15) is 4.79 Å². The van der Waals surface area contributed by atoms with Gasteiger partial charge in [0.05, 0.1) is 11.3 Å². The van der Waals surface area contributed by atoms with E-state index in [1.165, 1.54) is 17.8 Å². The number of hydrogen-bond donors (Lipinski definition) is 2. The molecule has 0 fully saturated rings. The van der Waals surface area contributed by atoms with Crippen LogP contribution in [0.2, 0.25) is 0 Å². The minimum atomic E-state index is -0.189. The van der Waals surface area contributed by atoms with Gasteiger partial charge in [-0.05, 0) is 13.8 Å². The number of carbonyl (C=O) groups excluding carboxylic acids is 1. The number of nitrogen functional groups attached to an aromatic ring is 1. The lowest BCUT2D eigenvalue weighted by atomic mass is 10.2. The van der Waals surface area contributed by atoms with Gasteiger partial charge in [-0.2, -0.15) is 5.10 Å². The highest BCUT2D eigenvalue weighted by molar-refractivity contribution is 5.95. The highest BCUT2D eigenvalue weighted by Gasteiger charge is 2.09. The zero-order valence-electron chi connectivity index (χ0n) is 6.96. The molecule has 12 heavy (non-hydrogen) atoms. The zero-order chi connectivity index (χ0) is 9.30. The van der Waals surface area contributed by atoms with E-state index < -0.39 is 0 Å². The molecule has 64 valence electrons. The predicted molar refractivity (Wildman–Crippen MR) is 44.3 cm³/mol. The third-order valence-corrected chi connectivity index (χ3v) is 1.53. The molecule has 1 rings (SSSR count). The molecule has 1 aromatic heterocycles. The summed E-state index contributed by atoms with van der Waals surface area (Å²) in [5, 5.41) is 10.9. The SMILES string of the molecule is CC(=O)c1cn(C(=N)N)nc1C. The van der Waals surface area contributed by atoms with E-state index in [1.54, 1.807) is 6.92 Å². The van der Waals surface area contributed by atoms with Crippen LogP contribution in [0.5, 0.6) is 0 Å². The minimum Gasteiger partial charge on any atom is -0.368 e. The van der Waals surface area contributed by atoms with Gasteiger partial charge in [0, 0.05) is 6.20 Å². The van der Waals surface area contributed by atoms with E-state index in [4.69, 9.17) is 11.1 Å². The zero-order valence-corrected chi connectivity index (χ0v) is 6.96. The number of aromatic nitrogens is 2. The molecular formula is C7H10N4O. The van der Waals surface area contributed by atoms with Gasteiger partial charge < -0.3 is 5.73 Å². The average molecular weight is 166 g/mol. The smallest absolute Gasteiger partial charge is 0.213 e. The first kappa shape index (κ1) is 8.45. The Balaban J connectivity index is 3.17. The van der Waals surface area contributed by atoms with E-state index in [1.807, 2.05) is 0 Å². The molecule has 0 bridgehead atoms. The number of aryl methyl sites for hydroxylation is 1. The summed E-state index contributed by atoms with van der Waals surface area (Å²) < 4.78 is 1.17. The quantitative estimate of drug-likeness (QED) is 0.353. The molecule has 5 heteroatoms. The molecule has 1 aromatic rings. The van der Waals surface area contributed by atoms with Crippen molar-refractivity contribution in [3.63, 3.8) is 0 Å². The lowest BCUT2D eigenvalue weighted by Gasteiger charge is -1.92. The van der Waals surface area contributed by atoms with Crippen molar-refractivity contribution < 1.29 is 4.79 Å². The van der Waals surface area contributed by atoms with Crippen molar-refractivity contribution in [2.45, 2.75) is 13.8 Å². The number of Topliss-reactive ketones (excluding diaryl/α,β-unsaturated/α-hetero) is 1. The maximum absolute atomic E-state index is 10.9. The number of nitrogens with zero attached hydrogens (tertiary/aromatic N) is 2. The molecule has 0 saturated carbocycles. The van der Waals surface area contributed by atoms with Crippen molar-refractivity contribution in [1.29, 1.82) is 5.41 Å². The second-order valence-electron chi connectivity index (χ2n) is 2.51. The van der Waals surface area contributed by atoms with Crippen LogP contribution in [0, 0.1) is 12.3 Å². The number of nitrogens with two attached hydrogens (primary N) is 1. The Morgan fingerprint density at radius 3 is 2.58 bits per heavy atom. The van der Waals surface area contributed by atoms with Gasteiger partial charge in [-0.3, -0.25) is 10.2 Å². The summed E-state index contributed by atoms with van der Waals surface area (Å²) >= 11 is 0. The summed E-state index contributed by atoms with van der Waals surface area (Å²) in [4.78, 5) is 10.9. The van der Waals surface area contributed by atoms with Gasteiger partial charge in [0.15, 0.2) is 5.78 Å². The molecule has 5 nitrogen and oxygen atoms in total. The molecule has 0 aliphatic heterocycles. The Labute approximate surface area is 69.7 Å². The Kier molecular flexibility index (Phi) is 1.95. The van der Waals surface area contributed by atoms with Crippen molar-refractivity contribution in [3.8, 4) is 0 Å². The number of rotatable bonds is 1. The van der Waals surface area contributed by atoms with Gasteiger partial charge in [-0.15, -0.1) is 0 Å². The first-order valence-corrected chi connectivity index (χ1v) is 3.44. The molecule has 0 atom stereocenters. The molecule has 0 aromatic carbocycles. The summed E-state index contributed by atoms with van der Waals surface area (Å²) in [5.41, 5.74) is 6.27. The van der Waals surface area contributed by atoms with E-state index in [0.717, 1.165) is 0 Å². The van der Waals surface area contributed by atoms with Gasteiger partial charge in [-0.1, -0.05) is 0 Å². The maximum Gasteiger partial charge on any atom is 0.213 e. The van der Waals surface area contributed by atoms with E-state index >= 15 is 0 Å². The first-order valence-electron chi connectivity index (χ1n) is 3.44. The van der Waals surface area contributed by atoms with E-state index in [2.05, 4.69) is 5.10 Å². The fraction of sp³-hybridized carbons (Fsp3) is 0.286. The highest BCUT2D eigenvalue weighted by atomic mass is 16.1. The minimum absolute atomic E-state index is 0.0694. The molecular weight excluding hydrogens is 156 g/mol. The van der Waals surface area contributed by atoms with Crippen LogP contribution in [0.25, 0.3) is 0 Å². The molecule has 0 radical (unpaired) electrons. The Hall–Kier alpha value is -1.65. The number of hydrogen-bond acceptors (Lipinski definition) is 3. The fourth-order valence-corrected chi connectivity index (χ4v) is 0.929. The number of ketones is 1. The summed E-state index contributed by atoms with van der Waals surface area (Å²) in [6.07, 6.45) is 1.46. The van der Waals surface area contributed by atoms with Crippen LogP contribution in [0.15, 0.2) is 6.20 Å². The lowest BCUT2D eigenvalue weighted by Crippen LogP contribution is -2.20. The fourth-order valence-electron chi connectivity index (χ4n) is 0.929. The van der Waals surface area contributed by atoms with Crippen molar-refractivity contribution >= 4 is 11.7 Å². The highest BCUT2D eigenvalue weighted by Crippen LogP contribution is 2.04. The molecule has 0 aliphatic carbocycles. The van der Waals surface area contributed by atoms with Crippen molar-refractivity contribution in [2.75, 3.05) is 0 Å². The van der Waals surface area contributed by atoms with Crippen molar-refractivity contribution in [1.82, 2.24) is 9.78 Å². The van der Waals surface area contributed by atoms with Crippen LogP contribution < -0.4 is 5.73 Å². The molecule has 0 unspecified atom stereocenters. The van der Waals surface area contributed by atoms with Crippen LogP contribution in [0.1, 0.15) is 23.0 Å². The maximum atomic E-state index is 10.9. The predicted octanol–water partition coefficient (Wildman–Crippen LogP) is 0.136. The van der Waals surface area contributed by atoms with Crippen molar-refractivity contribution in [3.05, 3.63) is 17.5 Å². The molecule has 0 spiro atoms. The topological polar surface area (TPSA) is 84.8 Å². The first-order chi connectivity index (χ1) is 5.52. The molecule has 0 aliphatic rings. The van der Waals surface area contributed by atoms with E-state index in [-0.39, 0.29) is 11.7 Å². The second-order valence-corrected chi connectivity index (χ2v) is 2.51. The molecule has 0 amide bonds. The van der Waals surface area contributed by atoms with Crippen LogP contribution in [-0.2, 0) is 0 Å². The Morgan fingerprint density at radius 1 is 1.75 bits per heavy atom. The number of carbonyl (C=O) groups is 1. The van der Waals surface area contributed by atoms with Gasteiger partial charge >= 0.3 is 0 Å². The van der Waals surface area contributed by atoms with Gasteiger partial charge in [-0.25, -0.2) is 4.68 Å². The normalized spacial score (nSPS) is 9.83. The average Bonchev–Trinajstić information content (AvgIpc) is 2.30. The summed E-state index contributed by atoms with van der Waals surface area (Å²) in [5.74, 6) is -0.259. The van der Waals surface area contributed by atoms with Gasteiger partial charge in [0.2, 0.25) is 5.96 Å². The largest absolute Gasteiger partial charge is 0.368 e. The van der Waals surface area contributed by atoms with Crippen LogP contribution >= 0.6 is 0 Å². The van der Waals surface area contributed by atoms with Crippen molar-refractivity contribution in [2.24, 2.45) is 5.73 Å². The van der Waals surface area contributed by atoms with Gasteiger partial charge in [0.1, 0.15) is 0 Å². The van der Waals surface area contributed by atoms with Crippen LogP contribution in [-0.4, -0.2) is 21.5 Å². The monoisotopic (exact) mass is 166 g/mol. The third-order valence-electron chi connectivity index (χ3n) is 1.53. The summed E-state index contributed by atoms with van der Waals surface area (Å²) in [7, 11) is 0. The Bertz CT molecular complexity index is 339. The summed E-state index contributed by atoms with van der Waals surface area (Å²) in [6, 6.07) is 0. The molecule has 1 heterocycles. The number of nitrogens with one attached hydrogen (secondary N) is 1. The van der Waals surface area contributed by atoms with Crippen LogP contribution in [0.4, 0.5) is 0 Å². The second kappa shape index (κ2) is 2.77.